The van der Waals surface area contributed by atoms with E-state index >= 15 is 0 Å². The molecule has 1 saturated heterocycles. The van der Waals surface area contributed by atoms with Crippen molar-refractivity contribution in [3.05, 3.63) is 54.2 Å². The minimum Gasteiger partial charge on any atom is -0.508 e. The maximum Gasteiger partial charge on any atom is 0.552 e. The number of aliphatic hydroxyl groups is 1. The Kier molecular flexibility index (Phi) is 10.8. The van der Waals surface area contributed by atoms with Crippen molar-refractivity contribution in [1.29, 1.82) is 0 Å². The zero-order chi connectivity index (χ0) is 31.0. The van der Waals surface area contributed by atoms with Gasteiger partial charge in [0.2, 0.25) is 11.8 Å². The summed E-state index contributed by atoms with van der Waals surface area (Å²) in [6.07, 6.45) is -2.56. The first-order chi connectivity index (χ1) is 19.8. The van der Waals surface area contributed by atoms with Crippen molar-refractivity contribution >= 4 is 36.8 Å². The van der Waals surface area contributed by atoms with Gasteiger partial charge in [-0.25, -0.2) is 9.78 Å². The molecule has 1 unspecified atom stereocenters. The lowest BCUT2D eigenvalue weighted by molar-refractivity contribution is -0.172. The second-order valence-electron chi connectivity index (χ2n) is 10.5. The Bertz CT molecular complexity index is 1310. The molecule has 4 atom stereocenters. The maximum absolute atomic E-state index is 13.4. The Morgan fingerprint density at radius 2 is 1.74 bits per heavy atom. The van der Waals surface area contributed by atoms with Gasteiger partial charge in [0, 0.05) is 12.6 Å². The highest BCUT2D eigenvalue weighted by atomic mass is 16.6. The smallest absolute Gasteiger partial charge is 0.508 e. The van der Waals surface area contributed by atoms with Gasteiger partial charge in [-0.1, -0.05) is 50.2 Å². The summed E-state index contributed by atoms with van der Waals surface area (Å²) < 4.78 is 11.0. The van der Waals surface area contributed by atoms with Crippen LogP contribution in [-0.2, 0) is 28.5 Å². The Balaban J connectivity index is 1.82. The van der Waals surface area contributed by atoms with Gasteiger partial charge in [-0.05, 0) is 31.4 Å². The fourth-order valence-electron chi connectivity index (χ4n) is 4.48. The predicted molar refractivity (Wildman–Crippen MR) is 151 cm³/mol. The summed E-state index contributed by atoms with van der Waals surface area (Å²) in [5, 5.41) is 27.7. The third-order valence-corrected chi connectivity index (χ3v) is 6.62. The SMILES string of the molecule is CNC(=O)C[C@]1(C(=O)O)CC(=O)OB([C@H](CC(C)C)NC(=O)C(NC(=O)c2cccc(-c3ccccc3)n2)[C@@H](C)O)O1. The van der Waals surface area contributed by atoms with Crippen molar-refractivity contribution < 1.29 is 43.5 Å². The monoisotopic (exact) mass is 582 g/mol. The van der Waals surface area contributed by atoms with Crippen molar-refractivity contribution in [2.75, 3.05) is 7.05 Å². The number of nitrogens with one attached hydrogen (secondary N) is 3. The summed E-state index contributed by atoms with van der Waals surface area (Å²) in [6.45, 7) is 4.95. The van der Waals surface area contributed by atoms with E-state index in [0.29, 0.717) is 5.69 Å². The van der Waals surface area contributed by atoms with Gasteiger partial charge in [-0.3, -0.25) is 19.2 Å². The number of aromatic nitrogens is 1. The highest BCUT2D eigenvalue weighted by molar-refractivity contribution is 6.50. The highest BCUT2D eigenvalue weighted by Crippen LogP contribution is 2.30. The number of carboxylic acids is 1. The van der Waals surface area contributed by atoms with Crippen molar-refractivity contribution in [2.24, 2.45) is 5.92 Å². The molecule has 3 amide bonds. The van der Waals surface area contributed by atoms with Gasteiger partial charge in [0.05, 0.1) is 30.6 Å². The molecule has 5 N–H and O–H groups in total. The fraction of sp³-hybridized carbons (Fsp3) is 0.429. The van der Waals surface area contributed by atoms with Gasteiger partial charge in [-0.15, -0.1) is 0 Å². The van der Waals surface area contributed by atoms with Gasteiger partial charge in [-0.2, -0.15) is 0 Å². The Morgan fingerprint density at radius 3 is 2.33 bits per heavy atom. The highest BCUT2D eigenvalue weighted by Gasteiger charge is 2.54. The van der Waals surface area contributed by atoms with Crippen LogP contribution in [0.4, 0.5) is 0 Å². The molecule has 0 bridgehead atoms. The van der Waals surface area contributed by atoms with Crippen molar-refractivity contribution in [2.45, 2.75) is 63.7 Å². The van der Waals surface area contributed by atoms with E-state index in [9.17, 15) is 34.2 Å². The number of carbonyl (C=O) groups is 5. The van der Waals surface area contributed by atoms with E-state index < -0.39 is 73.3 Å². The summed E-state index contributed by atoms with van der Waals surface area (Å²) in [5.41, 5.74) is -0.885. The van der Waals surface area contributed by atoms with Crippen LogP contribution >= 0.6 is 0 Å². The van der Waals surface area contributed by atoms with Gasteiger partial charge in [0.15, 0.2) is 5.60 Å². The summed E-state index contributed by atoms with van der Waals surface area (Å²) >= 11 is 0. The third kappa shape index (κ3) is 8.14. The van der Waals surface area contributed by atoms with Crippen LogP contribution in [0.2, 0.25) is 0 Å². The zero-order valence-corrected chi connectivity index (χ0v) is 23.8. The predicted octanol–water partition coefficient (Wildman–Crippen LogP) is 0.709. The molecule has 1 aliphatic rings. The fourth-order valence-corrected chi connectivity index (χ4v) is 4.48. The molecule has 0 saturated carbocycles. The van der Waals surface area contributed by atoms with Crippen LogP contribution in [0.15, 0.2) is 48.5 Å². The molecule has 3 rings (SSSR count). The average molecular weight is 582 g/mol. The molecule has 13 nitrogen and oxygen atoms in total. The molecule has 0 spiro atoms. The summed E-state index contributed by atoms with van der Waals surface area (Å²) in [5.74, 6) is -5.86. The lowest BCUT2D eigenvalue weighted by Crippen LogP contribution is -2.63. The first-order valence-electron chi connectivity index (χ1n) is 13.5. The number of pyridine rings is 1. The number of aliphatic carboxylic acids is 1. The Hall–Kier alpha value is -4.30. The summed E-state index contributed by atoms with van der Waals surface area (Å²) in [4.78, 5) is 67.6. The Morgan fingerprint density at radius 1 is 1.05 bits per heavy atom. The van der Waals surface area contributed by atoms with Crippen molar-refractivity contribution in [1.82, 2.24) is 20.9 Å². The van der Waals surface area contributed by atoms with Crippen molar-refractivity contribution in [3.63, 3.8) is 0 Å². The molecule has 2 aromatic rings. The van der Waals surface area contributed by atoms with Crippen LogP contribution in [0.25, 0.3) is 11.3 Å². The number of aliphatic hydroxyl groups excluding tert-OH is 1. The number of hydrogen-bond acceptors (Lipinski definition) is 9. The quantitative estimate of drug-likeness (QED) is 0.223. The van der Waals surface area contributed by atoms with Crippen LogP contribution in [0.5, 0.6) is 0 Å². The van der Waals surface area contributed by atoms with E-state index in [2.05, 4.69) is 20.9 Å². The molecule has 2 heterocycles. The second kappa shape index (κ2) is 14.1. The first kappa shape index (κ1) is 32.2. The number of amides is 3. The minimum absolute atomic E-state index is 0.0125. The van der Waals surface area contributed by atoms with Crippen LogP contribution < -0.4 is 16.0 Å². The van der Waals surface area contributed by atoms with Crippen LogP contribution in [0, 0.1) is 5.92 Å². The van der Waals surface area contributed by atoms with E-state index in [-0.39, 0.29) is 18.0 Å². The Labute approximate surface area is 243 Å². The number of carbonyl (C=O) groups excluding carboxylic acids is 4. The standard InChI is InChI=1S/C28H35BN4O9/c1-16(2)13-21(29-41-23(36)15-28(42-29,27(39)40)14-22(35)30-4)32-26(38)24(17(3)34)33-25(37)20-12-8-11-19(31-20)18-9-6-5-7-10-18/h5-12,16-17,21,24,34H,13-15H2,1-4H3,(H,30,35)(H,32,38)(H,33,37)(H,39,40)/t17-,21+,24?,28-/m1/s1. The number of benzene rings is 1. The van der Waals surface area contributed by atoms with Gasteiger partial charge >= 0.3 is 13.1 Å². The third-order valence-electron chi connectivity index (χ3n) is 6.62. The van der Waals surface area contributed by atoms with E-state index in [4.69, 9.17) is 9.31 Å². The molecular formula is C28H35BN4O9. The number of hydrogen-bond donors (Lipinski definition) is 5. The van der Waals surface area contributed by atoms with Crippen LogP contribution in [-0.4, -0.2) is 82.7 Å². The van der Waals surface area contributed by atoms with Crippen LogP contribution in [0.3, 0.4) is 0 Å². The van der Waals surface area contributed by atoms with E-state index in [0.717, 1.165) is 5.56 Å². The number of carboxylic acid groups (broad SMARTS) is 1. The maximum atomic E-state index is 13.4. The molecule has 224 valence electrons. The molecule has 1 fully saturated rings. The molecule has 0 aliphatic carbocycles. The molecule has 14 heteroatoms. The molecule has 1 aromatic carbocycles. The van der Waals surface area contributed by atoms with E-state index in [1.807, 2.05) is 44.2 Å². The first-order valence-corrected chi connectivity index (χ1v) is 13.5. The molecule has 1 aliphatic heterocycles. The molecule has 1 aromatic heterocycles. The van der Waals surface area contributed by atoms with Gasteiger partial charge < -0.3 is 35.5 Å². The minimum atomic E-state index is -2.21. The van der Waals surface area contributed by atoms with Gasteiger partial charge in [0.1, 0.15) is 11.7 Å². The molecule has 42 heavy (non-hydrogen) atoms. The van der Waals surface area contributed by atoms with E-state index in [1.54, 1.807) is 12.1 Å². The zero-order valence-electron chi connectivity index (χ0n) is 23.8. The van der Waals surface area contributed by atoms with Crippen molar-refractivity contribution in [3.8, 4) is 11.3 Å². The summed E-state index contributed by atoms with van der Waals surface area (Å²) in [6, 6.07) is 12.6. The molecular weight excluding hydrogens is 547 g/mol. The van der Waals surface area contributed by atoms with Crippen LogP contribution in [0.1, 0.15) is 50.5 Å². The topological polar surface area (TPSA) is 193 Å². The average Bonchev–Trinajstić information content (AvgIpc) is 2.95. The largest absolute Gasteiger partial charge is 0.552 e. The number of rotatable bonds is 12. The lowest BCUT2D eigenvalue weighted by atomic mass is 9.70. The second-order valence-corrected chi connectivity index (χ2v) is 10.5. The van der Waals surface area contributed by atoms with Gasteiger partial charge in [0.25, 0.3) is 11.9 Å². The summed E-state index contributed by atoms with van der Waals surface area (Å²) in [7, 11) is -0.246. The lowest BCUT2D eigenvalue weighted by Gasteiger charge is -2.38. The number of nitrogens with zero attached hydrogens (tertiary/aromatic N) is 1. The van der Waals surface area contributed by atoms with E-state index in [1.165, 1.54) is 20.0 Å². The molecule has 0 radical (unpaired) electrons. The normalized spacial score (nSPS) is 18.8.